The third-order valence-corrected chi connectivity index (χ3v) is 5.11. The van der Waals surface area contributed by atoms with Gasteiger partial charge in [0, 0.05) is 23.9 Å². The molecule has 1 saturated heterocycles. The minimum absolute atomic E-state index is 0. The first kappa shape index (κ1) is 18.9. The van der Waals surface area contributed by atoms with Crippen LogP contribution in [0.4, 0.5) is 0 Å². The first-order valence-electron chi connectivity index (χ1n) is 7.99. The van der Waals surface area contributed by atoms with Crippen LogP contribution in [-0.2, 0) is 17.6 Å². The van der Waals surface area contributed by atoms with Crippen LogP contribution < -0.4 is 5.32 Å². The number of nitrogens with zero attached hydrogens (tertiary/aromatic N) is 3. The lowest BCUT2D eigenvalue weighted by atomic mass is 10.2. The predicted molar refractivity (Wildman–Crippen MR) is 95.5 cm³/mol. The number of amides is 1. The van der Waals surface area contributed by atoms with Crippen molar-refractivity contribution >= 4 is 29.7 Å². The highest BCUT2D eigenvalue weighted by atomic mass is 35.5. The standard InChI is InChI=1S/C16H22N4O2S.ClH/c1-11(17-2)9-14-18-16(22-19-14)13-6-3-7-20(13)15(21)10-12-5-4-8-23-12;/h4-5,8,11,13,17H,3,6-7,9-10H2,1-2H3;1H. The minimum Gasteiger partial charge on any atom is -0.337 e. The summed E-state index contributed by atoms with van der Waals surface area (Å²) >= 11 is 1.61. The molecule has 132 valence electrons. The van der Waals surface area contributed by atoms with E-state index in [1.165, 1.54) is 0 Å². The zero-order chi connectivity index (χ0) is 16.2. The van der Waals surface area contributed by atoms with Gasteiger partial charge >= 0.3 is 0 Å². The van der Waals surface area contributed by atoms with E-state index >= 15 is 0 Å². The van der Waals surface area contributed by atoms with Crippen molar-refractivity contribution < 1.29 is 9.32 Å². The Hall–Kier alpha value is -1.44. The van der Waals surface area contributed by atoms with Crippen LogP contribution in [0.3, 0.4) is 0 Å². The fraction of sp³-hybridized carbons (Fsp3) is 0.562. The second-order valence-electron chi connectivity index (χ2n) is 5.94. The lowest BCUT2D eigenvalue weighted by Gasteiger charge is -2.21. The van der Waals surface area contributed by atoms with Crippen LogP contribution in [0.1, 0.15) is 42.4 Å². The van der Waals surface area contributed by atoms with E-state index in [2.05, 4.69) is 22.4 Å². The molecular weight excluding hydrogens is 348 g/mol. The number of likely N-dealkylation sites (N-methyl/N-ethyl adjacent to an activating group) is 1. The molecule has 0 radical (unpaired) electrons. The predicted octanol–water partition coefficient (Wildman–Crippen LogP) is 2.61. The van der Waals surface area contributed by atoms with Gasteiger partial charge in [0.25, 0.3) is 0 Å². The third kappa shape index (κ3) is 4.34. The van der Waals surface area contributed by atoms with Gasteiger partial charge in [-0.05, 0) is 38.3 Å². The summed E-state index contributed by atoms with van der Waals surface area (Å²) in [5.41, 5.74) is 0. The third-order valence-electron chi connectivity index (χ3n) is 4.23. The number of halogens is 1. The highest BCUT2D eigenvalue weighted by Crippen LogP contribution is 2.31. The van der Waals surface area contributed by atoms with Gasteiger partial charge in [0.1, 0.15) is 6.04 Å². The van der Waals surface area contributed by atoms with Gasteiger partial charge in [0.2, 0.25) is 11.8 Å². The average molecular weight is 371 g/mol. The number of carbonyl (C=O) groups is 1. The van der Waals surface area contributed by atoms with Crippen molar-refractivity contribution in [3.63, 3.8) is 0 Å². The van der Waals surface area contributed by atoms with Gasteiger partial charge in [-0.1, -0.05) is 11.2 Å². The summed E-state index contributed by atoms with van der Waals surface area (Å²) in [6, 6.07) is 4.19. The molecule has 8 heteroatoms. The summed E-state index contributed by atoms with van der Waals surface area (Å²) in [7, 11) is 1.91. The Balaban J connectivity index is 0.00000208. The number of carbonyl (C=O) groups excluding carboxylic acids is 1. The Labute approximate surface area is 152 Å². The number of nitrogens with one attached hydrogen (secondary N) is 1. The van der Waals surface area contributed by atoms with E-state index in [0.717, 1.165) is 30.7 Å². The van der Waals surface area contributed by atoms with Gasteiger partial charge in [-0.2, -0.15) is 4.98 Å². The maximum atomic E-state index is 12.6. The van der Waals surface area contributed by atoms with Crippen molar-refractivity contribution in [2.75, 3.05) is 13.6 Å². The molecule has 1 N–H and O–H groups in total. The van der Waals surface area contributed by atoms with Crippen LogP contribution in [-0.4, -0.2) is 40.6 Å². The van der Waals surface area contributed by atoms with E-state index in [9.17, 15) is 4.79 Å². The number of hydrogen-bond donors (Lipinski definition) is 1. The molecule has 6 nitrogen and oxygen atoms in total. The molecule has 0 spiro atoms. The van der Waals surface area contributed by atoms with Crippen molar-refractivity contribution in [2.24, 2.45) is 0 Å². The van der Waals surface area contributed by atoms with Crippen molar-refractivity contribution in [3.05, 3.63) is 34.1 Å². The molecule has 0 bridgehead atoms. The molecule has 0 saturated carbocycles. The van der Waals surface area contributed by atoms with Crippen LogP contribution >= 0.6 is 23.7 Å². The second kappa shape index (κ2) is 8.60. The molecule has 1 amide bonds. The molecule has 1 fully saturated rings. The Kier molecular flexibility index (Phi) is 6.77. The van der Waals surface area contributed by atoms with E-state index in [4.69, 9.17) is 4.52 Å². The SMILES string of the molecule is CNC(C)Cc1noc(C2CCCN2C(=O)Cc2cccs2)n1.Cl. The molecule has 2 aromatic rings. The lowest BCUT2D eigenvalue weighted by Crippen LogP contribution is -2.31. The average Bonchev–Trinajstić information content (AvgIpc) is 3.27. The quantitative estimate of drug-likeness (QED) is 0.846. The fourth-order valence-corrected chi connectivity index (χ4v) is 3.54. The van der Waals surface area contributed by atoms with Crippen molar-refractivity contribution in [1.82, 2.24) is 20.4 Å². The number of rotatable bonds is 6. The summed E-state index contributed by atoms with van der Waals surface area (Å²) in [6.07, 6.45) is 3.03. The zero-order valence-electron chi connectivity index (χ0n) is 13.9. The molecular formula is C16H23ClN4O2S. The van der Waals surface area contributed by atoms with E-state index in [-0.39, 0.29) is 24.4 Å². The topological polar surface area (TPSA) is 71.3 Å². The first-order chi connectivity index (χ1) is 11.2. The molecule has 2 atom stereocenters. The van der Waals surface area contributed by atoms with Crippen LogP contribution in [0.15, 0.2) is 22.0 Å². The summed E-state index contributed by atoms with van der Waals surface area (Å²) in [5.74, 6) is 1.40. The summed E-state index contributed by atoms with van der Waals surface area (Å²) in [6.45, 7) is 2.84. The highest BCUT2D eigenvalue weighted by Gasteiger charge is 2.34. The number of likely N-dealkylation sites (tertiary alicyclic amines) is 1. The first-order valence-corrected chi connectivity index (χ1v) is 8.87. The molecule has 1 aliphatic rings. The van der Waals surface area contributed by atoms with Crippen LogP contribution in [0, 0.1) is 0 Å². The van der Waals surface area contributed by atoms with Gasteiger partial charge in [-0.25, -0.2) is 0 Å². The van der Waals surface area contributed by atoms with E-state index in [0.29, 0.717) is 24.2 Å². The van der Waals surface area contributed by atoms with Gasteiger partial charge < -0.3 is 14.7 Å². The fourth-order valence-electron chi connectivity index (χ4n) is 2.85. The van der Waals surface area contributed by atoms with Crippen LogP contribution in [0.2, 0.25) is 0 Å². The molecule has 2 unspecified atom stereocenters. The Morgan fingerprint density at radius 2 is 2.42 bits per heavy atom. The molecule has 24 heavy (non-hydrogen) atoms. The molecule has 2 aromatic heterocycles. The number of hydrogen-bond acceptors (Lipinski definition) is 6. The minimum atomic E-state index is -0.0754. The summed E-state index contributed by atoms with van der Waals surface area (Å²) in [5, 5.41) is 9.21. The maximum Gasteiger partial charge on any atom is 0.249 e. The smallest absolute Gasteiger partial charge is 0.249 e. The number of thiophene rings is 1. The lowest BCUT2D eigenvalue weighted by molar-refractivity contribution is -0.131. The van der Waals surface area contributed by atoms with E-state index < -0.39 is 0 Å². The van der Waals surface area contributed by atoms with Crippen molar-refractivity contribution in [1.29, 1.82) is 0 Å². The van der Waals surface area contributed by atoms with E-state index in [1.54, 1.807) is 11.3 Å². The van der Waals surface area contributed by atoms with Crippen molar-refractivity contribution in [2.45, 2.75) is 44.7 Å². The van der Waals surface area contributed by atoms with Crippen LogP contribution in [0.25, 0.3) is 0 Å². The molecule has 3 rings (SSSR count). The zero-order valence-corrected chi connectivity index (χ0v) is 15.5. The van der Waals surface area contributed by atoms with Gasteiger partial charge in [-0.15, -0.1) is 23.7 Å². The molecule has 0 aliphatic carbocycles. The normalized spacial score (nSPS) is 18.4. The molecule has 1 aliphatic heterocycles. The molecule has 0 aromatic carbocycles. The Morgan fingerprint density at radius 1 is 1.58 bits per heavy atom. The second-order valence-corrected chi connectivity index (χ2v) is 6.98. The largest absolute Gasteiger partial charge is 0.337 e. The van der Waals surface area contributed by atoms with Gasteiger partial charge in [0.15, 0.2) is 5.82 Å². The van der Waals surface area contributed by atoms with Gasteiger partial charge in [0.05, 0.1) is 6.42 Å². The van der Waals surface area contributed by atoms with E-state index in [1.807, 2.05) is 29.5 Å². The van der Waals surface area contributed by atoms with Crippen LogP contribution in [0.5, 0.6) is 0 Å². The summed E-state index contributed by atoms with van der Waals surface area (Å²) in [4.78, 5) is 20.0. The number of aromatic nitrogens is 2. The summed E-state index contributed by atoms with van der Waals surface area (Å²) < 4.78 is 5.43. The van der Waals surface area contributed by atoms with Gasteiger partial charge in [-0.3, -0.25) is 4.79 Å². The highest BCUT2D eigenvalue weighted by molar-refractivity contribution is 7.10. The Morgan fingerprint density at radius 3 is 3.12 bits per heavy atom. The maximum absolute atomic E-state index is 12.6. The monoisotopic (exact) mass is 370 g/mol. The van der Waals surface area contributed by atoms with Crippen molar-refractivity contribution in [3.8, 4) is 0 Å². The Bertz CT molecular complexity index is 646. The molecule has 3 heterocycles.